The molecule has 5 heteroatoms. The fourth-order valence-electron chi connectivity index (χ4n) is 2.18. The Hall–Kier alpha value is -2.62. The summed E-state index contributed by atoms with van der Waals surface area (Å²) in [5.74, 6) is 0.478. The molecule has 2 aromatic carbocycles. The van der Waals surface area contributed by atoms with Crippen LogP contribution in [0.3, 0.4) is 0 Å². The molecule has 4 nitrogen and oxygen atoms in total. The zero-order chi connectivity index (χ0) is 15.4. The van der Waals surface area contributed by atoms with Crippen molar-refractivity contribution >= 4 is 21.8 Å². The molecule has 0 atom stereocenters. The number of aromatic nitrogens is 2. The first-order chi connectivity index (χ1) is 10.8. The van der Waals surface area contributed by atoms with E-state index in [9.17, 15) is 10.2 Å². The van der Waals surface area contributed by atoms with Crippen LogP contribution >= 0.6 is 0 Å². The van der Waals surface area contributed by atoms with Crippen LogP contribution in [0.1, 0.15) is 0 Å². The summed E-state index contributed by atoms with van der Waals surface area (Å²) >= 11 is 0. The third-order valence-corrected chi connectivity index (χ3v) is 3.22. The monoisotopic (exact) mass is 342 g/mol. The molecule has 0 aliphatic heterocycles. The van der Waals surface area contributed by atoms with Crippen LogP contribution in [0.5, 0.6) is 11.5 Å². The molecule has 4 rings (SSSR count). The Bertz CT molecular complexity index is 841. The summed E-state index contributed by atoms with van der Waals surface area (Å²) in [6.07, 6.45) is 3.34. The Kier molecular flexibility index (Phi) is 5.52. The number of rotatable bonds is 0. The van der Waals surface area contributed by atoms with Crippen LogP contribution in [0.2, 0.25) is 0 Å². The predicted octanol–water partition coefficient (Wildman–Crippen LogP) is 3.88. The smallest absolute Gasteiger partial charge is 0.141 e. The molecular formula is C18H14MnN2O2. The van der Waals surface area contributed by atoms with E-state index >= 15 is 0 Å². The number of phenols is 2. The van der Waals surface area contributed by atoms with E-state index in [1.54, 1.807) is 36.7 Å². The number of hydrogen-bond donors (Lipinski definition) is 2. The van der Waals surface area contributed by atoms with Crippen LogP contribution in [0.15, 0.2) is 73.1 Å². The van der Waals surface area contributed by atoms with E-state index < -0.39 is 0 Å². The molecule has 0 spiro atoms. The van der Waals surface area contributed by atoms with Crippen LogP contribution in [0.25, 0.3) is 21.8 Å². The Morgan fingerprint density at radius 3 is 1.35 bits per heavy atom. The van der Waals surface area contributed by atoms with Gasteiger partial charge in [-0.25, -0.2) is 0 Å². The van der Waals surface area contributed by atoms with Crippen LogP contribution in [-0.2, 0) is 17.1 Å². The molecule has 1 radical (unpaired) electrons. The standard InChI is InChI=1S/2C9H7NO.Mn/c2*11-8-5-1-3-7-4-2-6-10-9(7)8;/h2*1-6,11H;/i;;1-3. The molecule has 2 heterocycles. The zero-order valence-corrected chi connectivity index (χ0v) is 13.3. The molecule has 2 aromatic heterocycles. The summed E-state index contributed by atoms with van der Waals surface area (Å²) in [6, 6.07) is 18.3. The van der Waals surface area contributed by atoms with Crippen molar-refractivity contribution in [2.45, 2.75) is 0 Å². The first kappa shape index (κ1) is 16.7. The number of hydrogen-bond acceptors (Lipinski definition) is 4. The van der Waals surface area contributed by atoms with Crippen LogP contribution < -0.4 is 0 Å². The Morgan fingerprint density at radius 2 is 0.957 bits per heavy atom. The summed E-state index contributed by atoms with van der Waals surface area (Å²) in [4.78, 5) is 8.06. The van der Waals surface area contributed by atoms with Gasteiger partial charge in [0, 0.05) is 40.2 Å². The van der Waals surface area contributed by atoms with Gasteiger partial charge in [-0.3, -0.25) is 9.97 Å². The molecule has 23 heavy (non-hydrogen) atoms. The molecule has 0 saturated carbocycles. The molecule has 2 N–H and O–H groups in total. The van der Waals surface area contributed by atoms with Gasteiger partial charge < -0.3 is 10.2 Å². The number of nitrogens with zero attached hydrogens (tertiary/aromatic N) is 2. The van der Waals surface area contributed by atoms with Crippen molar-refractivity contribution in [2.24, 2.45) is 0 Å². The van der Waals surface area contributed by atoms with E-state index in [0.717, 1.165) is 10.8 Å². The van der Waals surface area contributed by atoms with Gasteiger partial charge in [0.05, 0.1) is 0 Å². The number of fused-ring (bicyclic) bond motifs is 2. The van der Waals surface area contributed by atoms with Gasteiger partial charge in [0.15, 0.2) is 0 Å². The molecular weight excluding hydrogens is 328 g/mol. The Morgan fingerprint density at radius 1 is 0.565 bits per heavy atom. The average Bonchev–Trinajstić information content (AvgIpc) is 2.57. The van der Waals surface area contributed by atoms with Crippen molar-refractivity contribution in [3.63, 3.8) is 0 Å². The first-order valence-electron chi connectivity index (χ1n) is 6.81. The SMILES string of the molecule is Oc1cccc2cccnc12.Oc1cccc2cccnc12.[52Mn]. The molecule has 0 saturated heterocycles. The van der Waals surface area contributed by atoms with Gasteiger partial charge >= 0.3 is 0 Å². The molecule has 0 aliphatic carbocycles. The number of para-hydroxylation sites is 2. The van der Waals surface area contributed by atoms with Crippen molar-refractivity contribution in [1.29, 1.82) is 0 Å². The minimum absolute atomic E-state index is 0. The van der Waals surface area contributed by atoms with Crippen molar-refractivity contribution in [2.75, 3.05) is 0 Å². The Balaban J connectivity index is 0.000000160. The minimum atomic E-state index is 0. The average molecular weight is 342 g/mol. The number of pyridine rings is 2. The number of phenolic OH excluding ortho intramolecular Hbond substituents is 2. The number of aromatic hydroxyl groups is 2. The van der Waals surface area contributed by atoms with Crippen LogP contribution in [0.4, 0.5) is 0 Å². The maximum Gasteiger partial charge on any atom is 0.141 e. The molecule has 0 bridgehead atoms. The summed E-state index contributed by atoms with van der Waals surface area (Å²) in [6.45, 7) is 0. The van der Waals surface area contributed by atoms with E-state index in [-0.39, 0.29) is 28.6 Å². The third kappa shape index (κ3) is 3.77. The van der Waals surface area contributed by atoms with E-state index in [1.165, 1.54) is 0 Å². The van der Waals surface area contributed by atoms with Gasteiger partial charge in [0.25, 0.3) is 0 Å². The van der Waals surface area contributed by atoms with Crippen LogP contribution in [-0.4, -0.2) is 20.2 Å². The summed E-state index contributed by atoms with van der Waals surface area (Å²) in [5, 5.41) is 20.5. The van der Waals surface area contributed by atoms with Gasteiger partial charge in [0.2, 0.25) is 0 Å². The minimum Gasteiger partial charge on any atom is -0.506 e. The maximum absolute atomic E-state index is 9.31. The summed E-state index contributed by atoms with van der Waals surface area (Å²) in [7, 11) is 0. The van der Waals surface area contributed by atoms with Gasteiger partial charge in [-0.2, -0.15) is 0 Å². The van der Waals surface area contributed by atoms with E-state index in [4.69, 9.17) is 0 Å². The molecule has 0 fully saturated rings. The Labute approximate surface area is 143 Å². The van der Waals surface area contributed by atoms with E-state index in [2.05, 4.69) is 9.97 Å². The maximum atomic E-state index is 9.31. The number of benzene rings is 2. The van der Waals surface area contributed by atoms with Crippen molar-refractivity contribution < 1.29 is 27.3 Å². The largest absolute Gasteiger partial charge is 0.506 e. The van der Waals surface area contributed by atoms with Crippen molar-refractivity contribution in [3.05, 3.63) is 73.1 Å². The van der Waals surface area contributed by atoms with Gasteiger partial charge in [0.1, 0.15) is 22.5 Å². The fraction of sp³-hybridized carbons (Fsp3) is 0. The van der Waals surface area contributed by atoms with Gasteiger partial charge in [-0.15, -0.1) is 0 Å². The zero-order valence-electron chi connectivity index (χ0n) is 12.1. The van der Waals surface area contributed by atoms with Crippen molar-refractivity contribution in [1.82, 2.24) is 9.97 Å². The predicted molar refractivity (Wildman–Crippen MR) is 86.8 cm³/mol. The molecule has 0 aliphatic rings. The molecule has 0 amide bonds. The normalized spacial score (nSPS) is 9.74. The third-order valence-electron chi connectivity index (χ3n) is 3.22. The summed E-state index contributed by atoms with van der Waals surface area (Å²) < 4.78 is 0. The summed E-state index contributed by atoms with van der Waals surface area (Å²) in [5.41, 5.74) is 1.32. The quantitative estimate of drug-likeness (QED) is 0.476. The van der Waals surface area contributed by atoms with Crippen molar-refractivity contribution in [3.8, 4) is 11.5 Å². The van der Waals surface area contributed by atoms with Gasteiger partial charge in [-0.05, 0) is 24.3 Å². The van der Waals surface area contributed by atoms with E-state index in [0.29, 0.717) is 11.0 Å². The van der Waals surface area contributed by atoms with E-state index in [1.807, 2.05) is 36.4 Å². The molecule has 4 aromatic rings. The second-order valence-corrected chi connectivity index (χ2v) is 4.70. The second kappa shape index (κ2) is 7.58. The molecule has 115 valence electrons. The molecule has 0 unspecified atom stereocenters. The topological polar surface area (TPSA) is 66.2 Å². The fourth-order valence-corrected chi connectivity index (χ4v) is 2.18. The van der Waals surface area contributed by atoms with Gasteiger partial charge in [-0.1, -0.05) is 36.4 Å². The van der Waals surface area contributed by atoms with Crippen LogP contribution in [0, 0.1) is 0 Å². The second-order valence-electron chi connectivity index (χ2n) is 4.70. The first-order valence-corrected chi connectivity index (χ1v) is 6.81.